The first-order valence-corrected chi connectivity index (χ1v) is 7.01. The largest absolute Gasteiger partial charge is 0.491 e. The van der Waals surface area contributed by atoms with Crippen LogP contribution < -0.4 is 16.2 Å². The maximum Gasteiger partial charge on any atom is 0.252 e. The molecule has 0 aliphatic heterocycles. The Labute approximate surface area is 118 Å². The van der Waals surface area contributed by atoms with Gasteiger partial charge in [0.05, 0.1) is 11.1 Å². The van der Waals surface area contributed by atoms with Crippen LogP contribution in [0.4, 0.5) is 4.39 Å². The van der Waals surface area contributed by atoms with E-state index < -0.39 is 11.7 Å². The van der Waals surface area contributed by atoms with E-state index >= 15 is 0 Å². The third kappa shape index (κ3) is 3.70. The highest BCUT2D eigenvalue weighted by molar-refractivity contribution is 5.95. The normalized spacial score (nSPS) is 18.3. The first-order chi connectivity index (χ1) is 9.50. The monoisotopic (exact) mass is 280 g/mol. The van der Waals surface area contributed by atoms with Crippen molar-refractivity contribution in [1.29, 1.82) is 0 Å². The van der Waals surface area contributed by atoms with E-state index in [9.17, 15) is 9.18 Å². The lowest BCUT2D eigenvalue weighted by atomic mass is 9.92. The topological polar surface area (TPSA) is 78.3 Å². The van der Waals surface area contributed by atoms with Crippen molar-refractivity contribution in [3.63, 3.8) is 0 Å². The summed E-state index contributed by atoms with van der Waals surface area (Å²) >= 11 is 0. The highest BCUT2D eigenvalue weighted by atomic mass is 19.1. The van der Waals surface area contributed by atoms with Crippen LogP contribution in [-0.4, -0.2) is 18.1 Å². The van der Waals surface area contributed by atoms with Crippen LogP contribution in [0.5, 0.6) is 5.75 Å². The summed E-state index contributed by atoms with van der Waals surface area (Å²) in [4.78, 5) is 11.3. The molecule has 1 aliphatic carbocycles. The molecule has 1 aliphatic rings. The third-order valence-corrected chi connectivity index (χ3v) is 3.82. The fraction of sp³-hybridized carbons (Fsp3) is 0.533. The van der Waals surface area contributed by atoms with Gasteiger partial charge >= 0.3 is 0 Å². The number of primary amides is 1. The SMILES string of the molecule is NC(=O)c1cc(F)ccc1OCC1(N)CCCCCC1. The number of rotatable bonds is 4. The maximum atomic E-state index is 13.1. The molecular formula is C15H21FN2O2. The molecule has 0 spiro atoms. The molecule has 0 atom stereocenters. The van der Waals surface area contributed by atoms with Crippen LogP contribution in [0.3, 0.4) is 0 Å². The van der Waals surface area contributed by atoms with E-state index in [4.69, 9.17) is 16.2 Å². The summed E-state index contributed by atoms with van der Waals surface area (Å²) in [5, 5.41) is 0. The van der Waals surface area contributed by atoms with Gasteiger partial charge in [0.2, 0.25) is 0 Å². The molecule has 20 heavy (non-hydrogen) atoms. The summed E-state index contributed by atoms with van der Waals surface area (Å²) in [6.45, 7) is 0.318. The molecule has 1 fully saturated rings. The molecular weight excluding hydrogens is 259 g/mol. The smallest absolute Gasteiger partial charge is 0.252 e. The van der Waals surface area contributed by atoms with Crippen molar-refractivity contribution in [2.45, 2.75) is 44.1 Å². The van der Waals surface area contributed by atoms with Crippen molar-refractivity contribution in [3.8, 4) is 5.75 Å². The minimum absolute atomic E-state index is 0.0576. The molecule has 1 amide bonds. The second-order valence-corrected chi connectivity index (χ2v) is 5.57. The predicted molar refractivity (Wildman–Crippen MR) is 75.0 cm³/mol. The standard InChI is InChI=1S/C15H21FN2O2/c16-11-5-6-13(12(9-11)14(17)19)20-10-15(18)7-3-1-2-4-8-15/h5-6,9H,1-4,7-8,10,18H2,(H2,17,19). The van der Waals surface area contributed by atoms with Crippen LogP contribution in [0.25, 0.3) is 0 Å². The fourth-order valence-electron chi connectivity index (χ4n) is 2.62. The van der Waals surface area contributed by atoms with E-state index in [1.165, 1.54) is 25.0 Å². The number of carbonyl (C=O) groups is 1. The van der Waals surface area contributed by atoms with Gasteiger partial charge in [0, 0.05) is 0 Å². The molecule has 1 aromatic carbocycles. The van der Waals surface area contributed by atoms with Crippen molar-refractivity contribution < 1.29 is 13.9 Å². The zero-order valence-electron chi connectivity index (χ0n) is 11.5. The molecule has 4 nitrogen and oxygen atoms in total. The third-order valence-electron chi connectivity index (χ3n) is 3.82. The summed E-state index contributed by atoms with van der Waals surface area (Å²) < 4.78 is 18.8. The minimum atomic E-state index is -0.702. The zero-order valence-corrected chi connectivity index (χ0v) is 11.5. The van der Waals surface area contributed by atoms with Gasteiger partial charge in [-0.2, -0.15) is 0 Å². The number of nitrogens with two attached hydrogens (primary N) is 2. The average molecular weight is 280 g/mol. The molecule has 1 saturated carbocycles. The highest BCUT2D eigenvalue weighted by Crippen LogP contribution is 2.27. The molecule has 0 radical (unpaired) electrons. The van der Waals surface area contributed by atoms with E-state index in [2.05, 4.69) is 0 Å². The number of carbonyl (C=O) groups excluding carboxylic acids is 1. The molecule has 110 valence electrons. The molecule has 1 aromatic rings. The number of amides is 1. The summed E-state index contributed by atoms with van der Waals surface area (Å²) in [5.74, 6) is -0.914. The Hall–Kier alpha value is -1.62. The first-order valence-electron chi connectivity index (χ1n) is 7.01. The van der Waals surface area contributed by atoms with E-state index in [-0.39, 0.29) is 11.1 Å². The van der Waals surface area contributed by atoms with Crippen molar-refractivity contribution in [2.75, 3.05) is 6.61 Å². The summed E-state index contributed by atoms with van der Waals surface area (Å²) in [5.41, 5.74) is 11.3. The molecule has 0 unspecified atom stereocenters. The zero-order chi connectivity index (χ0) is 14.6. The van der Waals surface area contributed by atoms with Gasteiger partial charge < -0.3 is 16.2 Å². The maximum absolute atomic E-state index is 13.1. The number of hydrogen-bond acceptors (Lipinski definition) is 3. The Bertz CT molecular complexity index is 483. The van der Waals surface area contributed by atoms with Crippen LogP contribution in [-0.2, 0) is 0 Å². The van der Waals surface area contributed by atoms with Crippen molar-refractivity contribution in [1.82, 2.24) is 0 Å². The van der Waals surface area contributed by atoms with Crippen LogP contribution >= 0.6 is 0 Å². The lowest BCUT2D eigenvalue weighted by Crippen LogP contribution is -2.45. The molecule has 5 heteroatoms. The van der Waals surface area contributed by atoms with E-state index in [1.807, 2.05) is 0 Å². The van der Waals surface area contributed by atoms with Gasteiger partial charge in [-0.1, -0.05) is 25.7 Å². The molecule has 2 rings (SSSR count). The van der Waals surface area contributed by atoms with Gasteiger partial charge in [-0.15, -0.1) is 0 Å². The number of halogens is 1. The van der Waals surface area contributed by atoms with E-state index in [0.29, 0.717) is 12.4 Å². The van der Waals surface area contributed by atoms with Crippen LogP contribution in [0.15, 0.2) is 18.2 Å². The van der Waals surface area contributed by atoms with Crippen LogP contribution in [0.2, 0.25) is 0 Å². The lowest BCUT2D eigenvalue weighted by Gasteiger charge is -2.28. The summed E-state index contributed by atoms with van der Waals surface area (Å²) in [6.07, 6.45) is 6.38. The minimum Gasteiger partial charge on any atom is -0.491 e. The lowest BCUT2D eigenvalue weighted by molar-refractivity contribution is 0.0993. The molecule has 0 heterocycles. The summed E-state index contributed by atoms with van der Waals surface area (Å²) in [7, 11) is 0. The van der Waals surface area contributed by atoms with Gasteiger partial charge in [-0.05, 0) is 31.0 Å². The molecule has 0 saturated heterocycles. The van der Waals surface area contributed by atoms with E-state index in [0.717, 1.165) is 31.7 Å². The average Bonchev–Trinajstić information content (AvgIpc) is 2.62. The Morgan fingerprint density at radius 2 is 1.90 bits per heavy atom. The van der Waals surface area contributed by atoms with Crippen molar-refractivity contribution in [2.24, 2.45) is 11.5 Å². The quantitative estimate of drug-likeness (QED) is 0.831. The second kappa shape index (κ2) is 6.22. The predicted octanol–water partition coefficient (Wildman–Crippen LogP) is 2.36. The Morgan fingerprint density at radius 1 is 1.25 bits per heavy atom. The van der Waals surface area contributed by atoms with Gasteiger partial charge in [-0.3, -0.25) is 4.79 Å². The van der Waals surface area contributed by atoms with Gasteiger partial charge in [0.25, 0.3) is 5.91 Å². The fourth-order valence-corrected chi connectivity index (χ4v) is 2.62. The number of benzene rings is 1. The van der Waals surface area contributed by atoms with Gasteiger partial charge in [-0.25, -0.2) is 4.39 Å². The van der Waals surface area contributed by atoms with Gasteiger partial charge in [0.15, 0.2) is 0 Å². The van der Waals surface area contributed by atoms with E-state index in [1.54, 1.807) is 0 Å². The van der Waals surface area contributed by atoms with Crippen LogP contribution in [0, 0.1) is 5.82 Å². The Balaban J connectivity index is 2.08. The van der Waals surface area contributed by atoms with Crippen molar-refractivity contribution >= 4 is 5.91 Å². The molecule has 0 aromatic heterocycles. The number of ether oxygens (including phenoxy) is 1. The first kappa shape index (κ1) is 14.8. The molecule has 4 N–H and O–H groups in total. The van der Waals surface area contributed by atoms with Gasteiger partial charge in [0.1, 0.15) is 18.2 Å². The second-order valence-electron chi connectivity index (χ2n) is 5.57. The highest BCUT2D eigenvalue weighted by Gasteiger charge is 2.27. The number of hydrogen-bond donors (Lipinski definition) is 2. The Morgan fingerprint density at radius 3 is 2.50 bits per heavy atom. The Kier molecular flexibility index (Phi) is 4.60. The van der Waals surface area contributed by atoms with Crippen molar-refractivity contribution in [3.05, 3.63) is 29.6 Å². The van der Waals surface area contributed by atoms with Crippen LogP contribution in [0.1, 0.15) is 48.9 Å². The molecule has 0 bridgehead atoms. The summed E-state index contributed by atoms with van der Waals surface area (Å²) in [6, 6.07) is 3.77.